The summed E-state index contributed by atoms with van der Waals surface area (Å²) < 4.78 is 5.07. The van der Waals surface area contributed by atoms with Gasteiger partial charge in [-0.1, -0.05) is 24.3 Å². The van der Waals surface area contributed by atoms with E-state index in [0.29, 0.717) is 44.0 Å². The molecule has 8 heteroatoms. The van der Waals surface area contributed by atoms with Gasteiger partial charge in [0, 0.05) is 31.9 Å². The molecule has 0 atom stereocenters. The molecule has 1 aliphatic rings. The molecule has 0 spiro atoms. The molecule has 0 aliphatic carbocycles. The van der Waals surface area contributed by atoms with E-state index in [9.17, 15) is 14.4 Å². The Morgan fingerprint density at radius 1 is 0.968 bits per heavy atom. The number of hydrogen-bond donors (Lipinski definition) is 2. The average Bonchev–Trinajstić information content (AvgIpc) is 2.76. The fraction of sp³-hybridized carbons (Fsp3) is 0.348. The van der Waals surface area contributed by atoms with Crippen LogP contribution in [-0.4, -0.2) is 67.5 Å². The number of urea groups is 1. The lowest BCUT2D eigenvalue weighted by Gasteiger charge is -2.34. The van der Waals surface area contributed by atoms with E-state index in [4.69, 9.17) is 4.74 Å². The number of anilines is 1. The number of methoxy groups -OCH3 is 1. The topological polar surface area (TPSA) is 91.0 Å². The Morgan fingerprint density at radius 2 is 1.65 bits per heavy atom. The fourth-order valence-corrected chi connectivity index (χ4v) is 3.44. The van der Waals surface area contributed by atoms with Gasteiger partial charge >= 0.3 is 6.03 Å². The zero-order valence-electron chi connectivity index (χ0n) is 17.9. The number of carbonyl (C=O) groups excluding carboxylic acids is 3. The molecular weight excluding hydrogens is 396 g/mol. The summed E-state index contributed by atoms with van der Waals surface area (Å²) in [5, 5.41) is 4.95. The Balaban J connectivity index is 1.39. The lowest BCUT2D eigenvalue weighted by molar-refractivity contribution is -0.132. The molecule has 4 amide bonds. The predicted molar refractivity (Wildman–Crippen MR) is 118 cm³/mol. The SMILES string of the molecule is COc1ccc(NC(=O)NC(=O)CN2CCN(C(=O)Cc3ccccc3C)CC2)cc1. The van der Waals surface area contributed by atoms with Crippen LogP contribution in [0, 0.1) is 6.92 Å². The van der Waals surface area contributed by atoms with Gasteiger partial charge < -0.3 is 15.0 Å². The van der Waals surface area contributed by atoms with E-state index in [2.05, 4.69) is 10.6 Å². The number of ether oxygens (including phenoxy) is 1. The first-order valence-corrected chi connectivity index (χ1v) is 10.2. The van der Waals surface area contributed by atoms with Crippen molar-refractivity contribution < 1.29 is 19.1 Å². The minimum Gasteiger partial charge on any atom is -0.497 e. The highest BCUT2D eigenvalue weighted by Gasteiger charge is 2.23. The quantitative estimate of drug-likeness (QED) is 0.741. The van der Waals surface area contributed by atoms with Gasteiger partial charge in [0.15, 0.2) is 0 Å². The standard InChI is InChI=1S/C23H28N4O4/c1-17-5-3-4-6-18(17)15-22(29)27-13-11-26(12-14-27)16-21(28)25-23(30)24-19-7-9-20(31-2)10-8-19/h3-10H,11-16H2,1-2H3,(H2,24,25,28,30). The van der Waals surface area contributed by atoms with Crippen LogP contribution in [0.1, 0.15) is 11.1 Å². The molecule has 0 unspecified atom stereocenters. The number of amides is 4. The first kappa shape index (κ1) is 22.3. The van der Waals surface area contributed by atoms with Crippen LogP contribution in [0.15, 0.2) is 48.5 Å². The van der Waals surface area contributed by atoms with Gasteiger partial charge in [0.25, 0.3) is 0 Å². The third-order valence-corrected chi connectivity index (χ3v) is 5.30. The van der Waals surface area contributed by atoms with Crippen molar-refractivity contribution in [3.63, 3.8) is 0 Å². The first-order chi connectivity index (χ1) is 14.9. The van der Waals surface area contributed by atoms with Crippen molar-refractivity contribution in [2.75, 3.05) is 45.2 Å². The highest BCUT2D eigenvalue weighted by molar-refractivity contribution is 6.01. The number of piperazine rings is 1. The molecule has 2 N–H and O–H groups in total. The second-order valence-electron chi connectivity index (χ2n) is 7.49. The molecule has 1 aliphatic heterocycles. The Labute approximate surface area is 182 Å². The van der Waals surface area contributed by atoms with Gasteiger partial charge in [-0.2, -0.15) is 0 Å². The molecule has 0 aromatic heterocycles. The van der Waals surface area contributed by atoms with Crippen molar-refractivity contribution >= 4 is 23.5 Å². The molecule has 1 fully saturated rings. The van der Waals surface area contributed by atoms with Crippen molar-refractivity contribution in [2.24, 2.45) is 0 Å². The smallest absolute Gasteiger partial charge is 0.325 e. The van der Waals surface area contributed by atoms with Gasteiger partial charge in [0.05, 0.1) is 20.1 Å². The maximum atomic E-state index is 12.6. The van der Waals surface area contributed by atoms with Gasteiger partial charge in [-0.25, -0.2) is 4.79 Å². The third kappa shape index (κ3) is 6.55. The van der Waals surface area contributed by atoms with Crippen LogP contribution in [0.3, 0.4) is 0 Å². The van der Waals surface area contributed by atoms with E-state index in [1.807, 2.05) is 41.0 Å². The van der Waals surface area contributed by atoms with Gasteiger partial charge in [-0.05, 0) is 42.3 Å². The number of imide groups is 1. The van der Waals surface area contributed by atoms with Crippen molar-refractivity contribution in [2.45, 2.75) is 13.3 Å². The number of hydrogen-bond acceptors (Lipinski definition) is 5. The zero-order valence-corrected chi connectivity index (χ0v) is 17.9. The van der Waals surface area contributed by atoms with Crippen molar-refractivity contribution in [3.8, 4) is 5.75 Å². The number of benzene rings is 2. The lowest BCUT2D eigenvalue weighted by Crippen LogP contribution is -2.52. The second kappa shape index (κ2) is 10.6. The molecule has 3 rings (SSSR count). The van der Waals surface area contributed by atoms with E-state index in [1.165, 1.54) is 0 Å². The van der Waals surface area contributed by atoms with Crippen LogP contribution in [0.2, 0.25) is 0 Å². The Morgan fingerprint density at radius 3 is 2.29 bits per heavy atom. The number of nitrogens with zero attached hydrogens (tertiary/aromatic N) is 2. The molecule has 164 valence electrons. The average molecular weight is 425 g/mol. The molecule has 1 heterocycles. The largest absolute Gasteiger partial charge is 0.497 e. The van der Waals surface area contributed by atoms with Crippen LogP contribution in [-0.2, 0) is 16.0 Å². The van der Waals surface area contributed by atoms with Crippen LogP contribution >= 0.6 is 0 Å². The van der Waals surface area contributed by atoms with Crippen molar-refractivity contribution in [1.29, 1.82) is 0 Å². The van der Waals surface area contributed by atoms with E-state index < -0.39 is 6.03 Å². The molecular formula is C23H28N4O4. The van der Waals surface area contributed by atoms with Crippen molar-refractivity contribution in [3.05, 3.63) is 59.7 Å². The molecule has 0 saturated carbocycles. The summed E-state index contributed by atoms with van der Waals surface area (Å²) in [4.78, 5) is 40.6. The van der Waals surface area contributed by atoms with Crippen LogP contribution in [0.5, 0.6) is 5.75 Å². The summed E-state index contributed by atoms with van der Waals surface area (Å²) in [5.41, 5.74) is 2.71. The Bertz CT molecular complexity index is 921. The van der Waals surface area contributed by atoms with Gasteiger partial charge in [-0.3, -0.25) is 19.8 Å². The minimum absolute atomic E-state index is 0.0947. The number of carbonyl (C=O) groups is 3. The highest BCUT2D eigenvalue weighted by atomic mass is 16.5. The van der Waals surface area contributed by atoms with Crippen LogP contribution in [0.4, 0.5) is 10.5 Å². The maximum Gasteiger partial charge on any atom is 0.325 e. The normalized spacial score (nSPS) is 14.1. The number of aryl methyl sites for hydroxylation is 1. The second-order valence-corrected chi connectivity index (χ2v) is 7.49. The molecule has 31 heavy (non-hydrogen) atoms. The molecule has 2 aromatic rings. The summed E-state index contributed by atoms with van der Waals surface area (Å²) >= 11 is 0. The number of nitrogens with one attached hydrogen (secondary N) is 2. The first-order valence-electron chi connectivity index (χ1n) is 10.2. The van der Waals surface area contributed by atoms with E-state index >= 15 is 0 Å². The molecule has 2 aromatic carbocycles. The third-order valence-electron chi connectivity index (χ3n) is 5.30. The summed E-state index contributed by atoms with van der Waals surface area (Å²) in [6.45, 7) is 4.42. The predicted octanol–water partition coefficient (Wildman–Crippen LogP) is 2.04. The molecule has 1 saturated heterocycles. The van der Waals surface area contributed by atoms with Crippen molar-refractivity contribution in [1.82, 2.24) is 15.1 Å². The summed E-state index contributed by atoms with van der Waals surface area (Å²) in [6.07, 6.45) is 0.388. The Kier molecular flexibility index (Phi) is 7.61. The van der Waals surface area contributed by atoms with Gasteiger partial charge in [-0.15, -0.1) is 0 Å². The highest BCUT2D eigenvalue weighted by Crippen LogP contribution is 2.15. The summed E-state index contributed by atoms with van der Waals surface area (Å²) in [5.74, 6) is 0.390. The van der Waals surface area contributed by atoms with E-state index in [1.54, 1.807) is 31.4 Å². The summed E-state index contributed by atoms with van der Waals surface area (Å²) in [7, 11) is 1.56. The van der Waals surface area contributed by atoms with E-state index in [0.717, 1.165) is 11.1 Å². The number of rotatable bonds is 6. The summed E-state index contributed by atoms with van der Waals surface area (Å²) in [6, 6.07) is 14.1. The lowest BCUT2D eigenvalue weighted by atomic mass is 10.1. The van der Waals surface area contributed by atoms with Crippen LogP contribution < -0.4 is 15.4 Å². The van der Waals surface area contributed by atoms with Gasteiger partial charge in [0.2, 0.25) is 11.8 Å². The monoisotopic (exact) mass is 424 g/mol. The van der Waals surface area contributed by atoms with E-state index in [-0.39, 0.29) is 18.4 Å². The van der Waals surface area contributed by atoms with Gasteiger partial charge in [0.1, 0.15) is 5.75 Å². The van der Waals surface area contributed by atoms with Crippen LogP contribution in [0.25, 0.3) is 0 Å². The zero-order chi connectivity index (χ0) is 22.2. The molecule has 8 nitrogen and oxygen atoms in total. The fourth-order valence-electron chi connectivity index (χ4n) is 3.44. The minimum atomic E-state index is -0.581. The Hall–Kier alpha value is -3.39. The molecule has 0 radical (unpaired) electrons. The molecule has 0 bridgehead atoms. The maximum absolute atomic E-state index is 12.6.